The van der Waals surface area contributed by atoms with Crippen molar-refractivity contribution in [3.63, 3.8) is 0 Å². The van der Waals surface area contributed by atoms with Crippen molar-refractivity contribution in [2.24, 2.45) is 4.99 Å². The molecule has 0 amide bonds. The van der Waals surface area contributed by atoms with E-state index in [9.17, 15) is 0 Å². The predicted octanol–water partition coefficient (Wildman–Crippen LogP) is 2.48. The van der Waals surface area contributed by atoms with Gasteiger partial charge in [-0.25, -0.2) is 0 Å². The van der Waals surface area contributed by atoms with E-state index >= 15 is 0 Å². The lowest BCUT2D eigenvalue weighted by Crippen LogP contribution is -2.38. The van der Waals surface area contributed by atoms with Crippen LogP contribution < -0.4 is 10.6 Å². The molecule has 0 aromatic rings. The fraction of sp³-hybridized carbons (Fsp3) is 0.947. The largest absolute Gasteiger partial charge is 0.379 e. The van der Waals surface area contributed by atoms with Crippen molar-refractivity contribution < 1.29 is 14.2 Å². The van der Waals surface area contributed by atoms with E-state index in [0.717, 1.165) is 71.3 Å². The number of guanidine groups is 1. The molecule has 1 aliphatic heterocycles. The number of nitrogens with one attached hydrogen (secondary N) is 2. The summed E-state index contributed by atoms with van der Waals surface area (Å²) in [7, 11) is 0. The number of aliphatic imine (C=N–C) groups is 1. The minimum absolute atomic E-state index is 0.297. The molecule has 2 N–H and O–H groups in total. The molecule has 0 spiro atoms. The van der Waals surface area contributed by atoms with E-state index in [2.05, 4.69) is 22.5 Å². The summed E-state index contributed by atoms with van der Waals surface area (Å²) >= 11 is 0. The topological polar surface area (TPSA) is 64.1 Å². The molecule has 2 rings (SSSR count). The van der Waals surface area contributed by atoms with E-state index in [4.69, 9.17) is 14.2 Å². The molecule has 1 unspecified atom stereocenters. The van der Waals surface area contributed by atoms with Crippen LogP contribution >= 0.6 is 0 Å². The van der Waals surface area contributed by atoms with Crippen molar-refractivity contribution in [1.82, 2.24) is 10.6 Å². The van der Waals surface area contributed by atoms with Gasteiger partial charge in [-0.05, 0) is 39.0 Å². The maximum atomic E-state index is 5.95. The molecular weight excluding hydrogens is 318 g/mol. The zero-order valence-electron chi connectivity index (χ0n) is 15.9. The highest BCUT2D eigenvalue weighted by atomic mass is 16.5. The number of hydrogen-bond acceptors (Lipinski definition) is 4. The standard InChI is InChI=1S/C19H37N3O3/c1-2-20-19(22-12-7-14-25-18-10-15-23-16-18)21-11-6-13-24-17-8-4-3-5-9-17/h17-18H,2-16H2,1H3,(H2,20,21,22). The van der Waals surface area contributed by atoms with Gasteiger partial charge in [0.2, 0.25) is 0 Å². The molecule has 1 aliphatic carbocycles. The van der Waals surface area contributed by atoms with E-state index in [0.29, 0.717) is 12.2 Å². The smallest absolute Gasteiger partial charge is 0.191 e. The van der Waals surface area contributed by atoms with Crippen LogP contribution in [0.4, 0.5) is 0 Å². The zero-order valence-corrected chi connectivity index (χ0v) is 15.9. The molecule has 0 bridgehead atoms. The number of hydrogen-bond donors (Lipinski definition) is 2. The molecule has 1 heterocycles. The average Bonchev–Trinajstić information content (AvgIpc) is 3.15. The Labute approximate surface area is 153 Å². The van der Waals surface area contributed by atoms with Gasteiger partial charge in [0.1, 0.15) is 0 Å². The van der Waals surface area contributed by atoms with Gasteiger partial charge in [0.05, 0.1) is 18.8 Å². The van der Waals surface area contributed by atoms with E-state index in [-0.39, 0.29) is 0 Å². The molecular formula is C19H37N3O3. The molecule has 0 radical (unpaired) electrons. The molecule has 2 aliphatic rings. The molecule has 1 saturated carbocycles. The van der Waals surface area contributed by atoms with Gasteiger partial charge in [-0.1, -0.05) is 19.3 Å². The van der Waals surface area contributed by atoms with Crippen LogP contribution in [0.2, 0.25) is 0 Å². The molecule has 1 atom stereocenters. The lowest BCUT2D eigenvalue weighted by molar-refractivity contribution is 0.0281. The lowest BCUT2D eigenvalue weighted by atomic mass is 9.98. The van der Waals surface area contributed by atoms with Crippen LogP contribution in [0, 0.1) is 0 Å². The summed E-state index contributed by atoms with van der Waals surface area (Å²) in [5.41, 5.74) is 0. The molecule has 25 heavy (non-hydrogen) atoms. The first-order valence-corrected chi connectivity index (χ1v) is 10.2. The molecule has 6 heteroatoms. The summed E-state index contributed by atoms with van der Waals surface area (Å²) in [4.78, 5) is 4.62. The van der Waals surface area contributed by atoms with Crippen LogP contribution in [-0.2, 0) is 14.2 Å². The number of nitrogens with zero attached hydrogens (tertiary/aromatic N) is 1. The highest BCUT2D eigenvalue weighted by molar-refractivity contribution is 5.79. The normalized spacial score (nSPS) is 22.3. The quantitative estimate of drug-likeness (QED) is 0.339. The van der Waals surface area contributed by atoms with Crippen LogP contribution in [0.25, 0.3) is 0 Å². The van der Waals surface area contributed by atoms with Gasteiger partial charge < -0.3 is 24.8 Å². The number of ether oxygens (including phenoxy) is 3. The molecule has 0 aromatic carbocycles. The van der Waals surface area contributed by atoms with Crippen LogP contribution in [0.15, 0.2) is 4.99 Å². The Morgan fingerprint density at radius 2 is 1.80 bits per heavy atom. The Morgan fingerprint density at radius 3 is 2.56 bits per heavy atom. The van der Waals surface area contributed by atoms with Crippen LogP contribution in [0.1, 0.15) is 58.3 Å². The summed E-state index contributed by atoms with van der Waals surface area (Å²) in [6, 6.07) is 0. The van der Waals surface area contributed by atoms with Crippen molar-refractivity contribution in [3.05, 3.63) is 0 Å². The summed E-state index contributed by atoms with van der Waals surface area (Å²) in [6.07, 6.45) is 10.3. The third-order valence-electron chi connectivity index (χ3n) is 4.68. The predicted molar refractivity (Wildman–Crippen MR) is 101 cm³/mol. The van der Waals surface area contributed by atoms with Crippen molar-refractivity contribution in [2.45, 2.75) is 70.5 Å². The van der Waals surface area contributed by atoms with Crippen molar-refractivity contribution in [3.8, 4) is 0 Å². The zero-order chi connectivity index (χ0) is 17.6. The molecule has 0 aromatic heterocycles. The van der Waals surface area contributed by atoms with Crippen molar-refractivity contribution >= 4 is 5.96 Å². The summed E-state index contributed by atoms with van der Waals surface area (Å²) in [6.45, 7) is 7.83. The Balaban J connectivity index is 1.49. The summed E-state index contributed by atoms with van der Waals surface area (Å²) in [5.74, 6) is 0.893. The van der Waals surface area contributed by atoms with E-state index < -0.39 is 0 Å². The van der Waals surface area contributed by atoms with E-state index in [1.54, 1.807) is 0 Å². The van der Waals surface area contributed by atoms with E-state index in [1.807, 2.05) is 0 Å². The third-order valence-corrected chi connectivity index (χ3v) is 4.68. The average molecular weight is 356 g/mol. The Bertz CT molecular complexity index is 354. The number of rotatable bonds is 11. The van der Waals surface area contributed by atoms with Crippen LogP contribution in [-0.4, -0.2) is 64.2 Å². The Morgan fingerprint density at radius 1 is 1.00 bits per heavy atom. The van der Waals surface area contributed by atoms with Crippen LogP contribution in [0.3, 0.4) is 0 Å². The maximum Gasteiger partial charge on any atom is 0.191 e. The second kappa shape index (κ2) is 13.4. The Hall–Kier alpha value is -0.850. The van der Waals surface area contributed by atoms with Gasteiger partial charge in [-0.2, -0.15) is 0 Å². The monoisotopic (exact) mass is 355 g/mol. The minimum Gasteiger partial charge on any atom is -0.379 e. The van der Waals surface area contributed by atoms with Gasteiger partial charge >= 0.3 is 0 Å². The molecule has 146 valence electrons. The first-order chi connectivity index (χ1) is 12.4. The minimum atomic E-state index is 0.297. The van der Waals surface area contributed by atoms with E-state index in [1.165, 1.54) is 32.1 Å². The van der Waals surface area contributed by atoms with Crippen LogP contribution in [0.5, 0.6) is 0 Å². The molecule has 2 fully saturated rings. The molecule has 6 nitrogen and oxygen atoms in total. The van der Waals surface area contributed by atoms with Gasteiger partial charge in [-0.15, -0.1) is 0 Å². The van der Waals surface area contributed by atoms with Gasteiger partial charge in [0.15, 0.2) is 5.96 Å². The van der Waals surface area contributed by atoms with Gasteiger partial charge in [0.25, 0.3) is 0 Å². The second-order valence-electron chi connectivity index (χ2n) is 6.88. The van der Waals surface area contributed by atoms with Crippen molar-refractivity contribution in [1.29, 1.82) is 0 Å². The lowest BCUT2D eigenvalue weighted by Gasteiger charge is -2.21. The summed E-state index contributed by atoms with van der Waals surface area (Å²) < 4.78 is 17.0. The fourth-order valence-corrected chi connectivity index (χ4v) is 3.25. The van der Waals surface area contributed by atoms with Crippen molar-refractivity contribution in [2.75, 3.05) is 46.1 Å². The SMILES string of the molecule is CCNC(=NCCCOC1CCCCC1)NCCCOC1CCOC1. The third kappa shape index (κ3) is 9.42. The molecule has 1 saturated heterocycles. The van der Waals surface area contributed by atoms with Gasteiger partial charge in [-0.3, -0.25) is 4.99 Å². The first-order valence-electron chi connectivity index (χ1n) is 10.2. The highest BCUT2D eigenvalue weighted by Gasteiger charge is 2.15. The van der Waals surface area contributed by atoms with Gasteiger partial charge in [0, 0.05) is 39.5 Å². The fourth-order valence-electron chi connectivity index (χ4n) is 3.25. The highest BCUT2D eigenvalue weighted by Crippen LogP contribution is 2.20. The Kier molecular flexibility index (Phi) is 10.9. The second-order valence-corrected chi connectivity index (χ2v) is 6.88. The maximum absolute atomic E-state index is 5.95. The summed E-state index contributed by atoms with van der Waals surface area (Å²) in [5, 5.41) is 6.67. The first kappa shape index (κ1) is 20.5.